The Bertz CT molecular complexity index is 710. The van der Waals surface area contributed by atoms with E-state index in [-0.39, 0.29) is 11.6 Å². The number of carbonyl (C=O) groups is 2. The summed E-state index contributed by atoms with van der Waals surface area (Å²) >= 11 is 0. The Morgan fingerprint density at radius 2 is 1.62 bits per heavy atom. The third-order valence-corrected chi connectivity index (χ3v) is 5.49. The third kappa shape index (κ3) is 4.08. The molecule has 0 unspecified atom stereocenters. The quantitative estimate of drug-likeness (QED) is 0.836. The Balaban J connectivity index is 1.98. The van der Waals surface area contributed by atoms with E-state index < -0.39 is 38.3 Å². The Morgan fingerprint density at radius 1 is 1.08 bits per heavy atom. The third-order valence-electron chi connectivity index (χ3n) is 4.09. The van der Waals surface area contributed by atoms with Crippen molar-refractivity contribution in [1.29, 1.82) is 0 Å². The number of carbonyl (C=O) groups excluding carboxylic acids is 1. The van der Waals surface area contributed by atoms with Crippen molar-refractivity contribution < 1.29 is 31.9 Å². The number of rotatable bonds is 5. The van der Waals surface area contributed by atoms with Gasteiger partial charge < -0.3 is 10.4 Å². The Hall–Kier alpha value is -2.03. The van der Waals surface area contributed by atoms with Crippen LogP contribution in [-0.2, 0) is 14.6 Å². The summed E-state index contributed by atoms with van der Waals surface area (Å²) in [5.41, 5.74) is 0.156. The molecule has 0 aromatic heterocycles. The molecule has 0 atom stereocenters. The second-order valence-electron chi connectivity index (χ2n) is 5.69. The van der Waals surface area contributed by atoms with Gasteiger partial charge in [-0.2, -0.15) is 8.78 Å². The average molecular weight is 361 g/mol. The summed E-state index contributed by atoms with van der Waals surface area (Å²) in [6.07, 6.45) is 2.04. The lowest BCUT2D eigenvalue weighted by molar-refractivity contribution is -0.142. The van der Waals surface area contributed by atoms with Crippen LogP contribution in [-0.4, -0.2) is 37.2 Å². The Morgan fingerprint density at radius 3 is 2.08 bits per heavy atom. The van der Waals surface area contributed by atoms with E-state index in [9.17, 15) is 26.8 Å². The Labute approximate surface area is 137 Å². The van der Waals surface area contributed by atoms with Gasteiger partial charge in [-0.1, -0.05) is 0 Å². The summed E-state index contributed by atoms with van der Waals surface area (Å²) in [6, 6.07) is 4.13. The number of sulfone groups is 1. The number of amides is 1. The predicted octanol–water partition coefficient (Wildman–Crippen LogP) is 2.06. The molecule has 1 aromatic rings. The summed E-state index contributed by atoms with van der Waals surface area (Å²) in [5.74, 6) is -5.19. The number of aliphatic carboxylic acids is 1. The van der Waals surface area contributed by atoms with Crippen LogP contribution in [0.1, 0.15) is 36.0 Å². The number of benzene rings is 1. The Kier molecular flexibility index (Phi) is 5.53. The minimum absolute atomic E-state index is 0.155. The van der Waals surface area contributed by atoms with Gasteiger partial charge in [0.2, 0.25) is 9.84 Å². The largest absolute Gasteiger partial charge is 0.481 e. The van der Waals surface area contributed by atoms with E-state index in [1.165, 1.54) is 12.1 Å². The lowest BCUT2D eigenvalue weighted by atomic mass is 9.86. The zero-order valence-electron chi connectivity index (χ0n) is 12.6. The van der Waals surface area contributed by atoms with Crippen LogP contribution >= 0.6 is 0 Å². The highest BCUT2D eigenvalue weighted by Crippen LogP contribution is 2.25. The van der Waals surface area contributed by atoms with Gasteiger partial charge >= 0.3 is 11.7 Å². The fourth-order valence-corrected chi connectivity index (χ4v) is 3.37. The van der Waals surface area contributed by atoms with Gasteiger partial charge in [-0.25, -0.2) is 8.42 Å². The first-order valence-corrected chi connectivity index (χ1v) is 8.92. The average Bonchev–Trinajstić information content (AvgIpc) is 2.55. The van der Waals surface area contributed by atoms with Gasteiger partial charge in [0, 0.05) is 11.6 Å². The first-order chi connectivity index (χ1) is 11.2. The molecule has 2 N–H and O–H groups in total. The molecule has 0 aliphatic heterocycles. The molecule has 0 radical (unpaired) electrons. The number of alkyl halides is 2. The molecule has 0 bridgehead atoms. The van der Waals surface area contributed by atoms with Crippen molar-refractivity contribution in [2.75, 3.05) is 0 Å². The highest BCUT2D eigenvalue weighted by Gasteiger charge is 2.28. The van der Waals surface area contributed by atoms with Crippen LogP contribution in [0.25, 0.3) is 0 Å². The second kappa shape index (κ2) is 7.25. The van der Waals surface area contributed by atoms with Crippen molar-refractivity contribution in [3.63, 3.8) is 0 Å². The van der Waals surface area contributed by atoms with Crippen LogP contribution in [0.2, 0.25) is 0 Å². The second-order valence-corrected chi connectivity index (χ2v) is 7.61. The van der Waals surface area contributed by atoms with Gasteiger partial charge in [0.05, 0.1) is 10.8 Å². The zero-order valence-corrected chi connectivity index (χ0v) is 13.4. The van der Waals surface area contributed by atoms with Gasteiger partial charge in [-0.05, 0) is 49.9 Å². The maximum atomic E-state index is 12.4. The zero-order chi connectivity index (χ0) is 17.9. The molecule has 0 saturated heterocycles. The van der Waals surface area contributed by atoms with Crippen molar-refractivity contribution in [1.82, 2.24) is 5.32 Å². The van der Waals surface area contributed by atoms with Crippen LogP contribution in [0, 0.1) is 5.92 Å². The fraction of sp³-hybridized carbons (Fsp3) is 0.467. The standard InChI is InChI=1S/C15H17F2NO5S/c16-15(17)24(22,23)12-7-3-9(4-8-12)13(19)18-11-5-1-10(2-6-11)14(20)21/h3-4,7-8,10-11,15H,1-2,5-6H2,(H,18,19)(H,20,21). The molecule has 24 heavy (non-hydrogen) atoms. The predicted molar refractivity (Wildman–Crippen MR) is 80.5 cm³/mol. The molecule has 6 nitrogen and oxygen atoms in total. The topological polar surface area (TPSA) is 101 Å². The van der Waals surface area contributed by atoms with Crippen molar-refractivity contribution in [2.45, 2.75) is 42.4 Å². The fourth-order valence-electron chi connectivity index (χ4n) is 2.65. The van der Waals surface area contributed by atoms with Crippen molar-refractivity contribution in [3.05, 3.63) is 29.8 Å². The van der Waals surface area contributed by atoms with Gasteiger partial charge in [0.1, 0.15) is 0 Å². The van der Waals surface area contributed by atoms with Gasteiger partial charge in [0.15, 0.2) is 0 Å². The number of halogens is 2. The smallest absolute Gasteiger partial charge is 0.341 e. The van der Waals surface area contributed by atoms with Crippen LogP contribution < -0.4 is 5.32 Å². The van der Waals surface area contributed by atoms with Gasteiger partial charge in [0.25, 0.3) is 5.91 Å². The van der Waals surface area contributed by atoms with E-state index in [0.717, 1.165) is 12.1 Å². The van der Waals surface area contributed by atoms with Gasteiger partial charge in [-0.3, -0.25) is 9.59 Å². The van der Waals surface area contributed by atoms with Crippen molar-refractivity contribution in [2.24, 2.45) is 5.92 Å². The van der Waals surface area contributed by atoms with E-state index in [4.69, 9.17) is 5.11 Å². The van der Waals surface area contributed by atoms with Crippen LogP contribution in [0.3, 0.4) is 0 Å². The lowest BCUT2D eigenvalue weighted by Crippen LogP contribution is -2.38. The number of hydrogen-bond acceptors (Lipinski definition) is 4. The molecule has 1 aliphatic rings. The van der Waals surface area contributed by atoms with E-state index in [0.29, 0.717) is 25.7 Å². The molecular weight excluding hydrogens is 344 g/mol. The molecule has 1 aliphatic carbocycles. The minimum Gasteiger partial charge on any atom is -0.481 e. The molecule has 0 heterocycles. The highest BCUT2D eigenvalue weighted by molar-refractivity contribution is 7.91. The number of hydrogen-bond donors (Lipinski definition) is 2. The summed E-state index contributed by atoms with van der Waals surface area (Å²) in [4.78, 5) is 22.4. The molecule has 1 amide bonds. The molecule has 1 saturated carbocycles. The van der Waals surface area contributed by atoms with Crippen molar-refractivity contribution >= 4 is 21.7 Å². The first kappa shape index (κ1) is 18.3. The molecule has 1 fully saturated rings. The maximum absolute atomic E-state index is 12.4. The summed E-state index contributed by atoms with van der Waals surface area (Å²) in [7, 11) is -4.68. The van der Waals surface area contributed by atoms with Gasteiger partial charge in [-0.15, -0.1) is 0 Å². The minimum atomic E-state index is -4.68. The van der Waals surface area contributed by atoms with Crippen LogP contribution in [0.15, 0.2) is 29.2 Å². The normalized spacial score (nSPS) is 21.5. The molecule has 2 rings (SSSR count). The summed E-state index contributed by atoms with van der Waals surface area (Å²) in [5, 5.41) is 11.7. The molecular formula is C15H17F2NO5S. The SMILES string of the molecule is O=C(NC1CCC(C(=O)O)CC1)c1ccc(S(=O)(=O)C(F)F)cc1. The summed E-state index contributed by atoms with van der Waals surface area (Å²) in [6.45, 7) is 0. The number of carboxylic acids is 1. The monoisotopic (exact) mass is 361 g/mol. The van der Waals surface area contributed by atoms with Crippen molar-refractivity contribution in [3.8, 4) is 0 Å². The first-order valence-electron chi connectivity index (χ1n) is 7.37. The highest BCUT2D eigenvalue weighted by atomic mass is 32.2. The van der Waals surface area contributed by atoms with Crippen LogP contribution in [0.4, 0.5) is 8.78 Å². The van der Waals surface area contributed by atoms with E-state index in [2.05, 4.69) is 5.32 Å². The number of nitrogens with one attached hydrogen (secondary N) is 1. The molecule has 0 spiro atoms. The maximum Gasteiger partial charge on any atom is 0.341 e. The number of carboxylic acid groups (broad SMARTS) is 1. The van der Waals surface area contributed by atoms with Crippen LogP contribution in [0.5, 0.6) is 0 Å². The molecule has 9 heteroatoms. The van der Waals surface area contributed by atoms with E-state index in [1.807, 2.05) is 0 Å². The molecule has 1 aromatic carbocycles. The summed E-state index contributed by atoms with van der Waals surface area (Å²) < 4.78 is 47.5. The molecule has 132 valence electrons. The van der Waals surface area contributed by atoms with E-state index in [1.54, 1.807) is 0 Å². The van der Waals surface area contributed by atoms with E-state index >= 15 is 0 Å². The lowest BCUT2D eigenvalue weighted by Gasteiger charge is -2.26.